The molecule has 0 aromatic heterocycles. The van der Waals surface area contributed by atoms with Gasteiger partial charge in [-0.3, -0.25) is 19.3 Å². The predicted octanol–water partition coefficient (Wildman–Crippen LogP) is 3.05. The van der Waals surface area contributed by atoms with Crippen molar-refractivity contribution in [3.05, 3.63) is 85.8 Å². The van der Waals surface area contributed by atoms with Crippen LogP contribution in [0.1, 0.15) is 33.5 Å². The first-order valence-electron chi connectivity index (χ1n) is 12.3. The van der Waals surface area contributed by atoms with Crippen molar-refractivity contribution in [2.75, 3.05) is 14.1 Å². The summed E-state index contributed by atoms with van der Waals surface area (Å²) in [6, 6.07) is 9.69. The Morgan fingerprint density at radius 2 is 1.74 bits per heavy atom. The molecule has 10 heteroatoms. The van der Waals surface area contributed by atoms with Gasteiger partial charge >= 0.3 is 0 Å². The second-order valence-corrected chi connectivity index (χ2v) is 11.3. The molecule has 202 valence electrons. The van der Waals surface area contributed by atoms with Gasteiger partial charge in [-0.25, -0.2) is 0 Å². The molecule has 9 nitrogen and oxygen atoms in total. The van der Waals surface area contributed by atoms with Crippen molar-refractivity contribution in [3.8, 4) is 5.75 Å². The van der Waals surface area contributed by atoms with Crippen molar-refractivity contribution in [2.45, 2.75) is 24.5 Å². The summed E-state index contributed by atoms with van der Waals surface area (Å²) in [6.07, 6.45) is 3.98. The monoisotopic (exact) mass is 594 g/mol. The fourth-order valence-electron chi connectivity index (χ4n) is 6.19. The Morgan fingerprint density at radius 3 is 2.36 bits per heavy atom. The van der Waals surface area contributed by atoms with Crippen LogP contribution in [-0.4, -0.2) is 68.5 Å². The Hall–Kier alpha value is -3.73. The maximum absolute atomic E-state index is 13.8. The molecule has 0 saturated carbocycles. The number of aliphatic hydroxyl groups is 3. The van der Waals surface area contributed by atoms with E-state index in [1.807, 2.05) is 36.4 Å². The molecule has 0 saturated heterocycles. The number of nitrogens with zero attached hydrogens (tertiary/aromatic N) is 1. The number of hydrogen-bond donors (Lipinski definition) is 5. The van der Waals surface area contributed by atoms with E-state index in [2.05, 4.69) is 15.9 Å². The number of fused-ring (bicyclic) bond motifs is 3. The van der Waals surface area contributed by atoms with Crippen LogP contribution in [0.25, 0.3) is 12.2 Å². The van der Waals surface area contributed by atoms with Crippen LogP contribution in [0.5, 0.6) is 5.75 Å². The smallest absolute Gasteiger partial charge is 0.255 e. The number of aromatic hydroxyl groups is 1. The number of amides is 1. The van der Waals surface area contributed by atoms with Gasteiger partial charge in [-0.05, 0) is 67.7 Å². The summed E-state index contributed by atoms with van der Waals surface area (Å²) in [5, 5.41) is 44.6. The second-order valence-electron chi connectivity index (χ2n) is 10.4. The summed E-state index contributed by atoms with van der Waals surface area (Å²) in [6.45, 7) is 0. The SMILES string of the molecule is CN(C)[C@H]1C(O)=C(C(N)=O)C(=O)[C@]2(O)C(O)=C3C(=O)c4c(O)ccc(/C=C/c5ccc(Br)cc5)c4C[C@@H]3C[C@H]12. The topological polar surface area (TPSA) is 161 Å². The van der Waals surface area contributed by atoms with Crippen molar-refractivity contribution in [2.24, 2.45) is 17.6 Å². The molecule has 1 amide bonds. The third-order valence-electron chi connectivity index (χ3n) is 7.97. The van der Waals surface area contributed by atoms with Crippen LogP contribution in [0.4, 0.5) is 0 Å². The molecular formula is C29H27BrN2O7. The zero-order chi connectivity index (χ0) is 28.4. The molecule has 0 heterocycles. The average Bonchev–Trinajstić information content (AvgIpc) is 2.86. The molecule has 4 atom stereocenters. The number of benzene rings is 2. The van der Waals surface area contributed by atoms with Gasteiger partial charge in [0.05, 0.1) is 11.6 Å². The third kappa shape index (κ3) is 4.02. The fraction of sp³-hybridized carbons (Fsp3) is 0.276. The molecule has 0 unspecified atom stereocenters. The summed E-state index contributed by atoms with van der Waals surface area (Å²) < 4.78 is 0.935. The van der Waals surface area contributed by atoms with Gasteiger partial charge in [0.15, 0.2) is 11.4 Å². The quantitative estimate of drug-likeness (QED) is 0.266. The minimum Gasteiger partial charge on any atom is -0.510 e. The number of Topliss-reactive ketones (excluding diaryl/α,β-unsaturated/α-hetero) is 2. The van der Waals surface area contributed by atoms with Crippen LogP contribution in [0.15, 0.2) is 63.5 Å². The van der Waals surface area contributed by atoms with Gasteiger partial charge in [0.2, 0.25) is 5.78 Å². The van der Waals surface area contributed by atoms with Crippen LogP contribution in [-0.2, 0) is 16.0 Å². The number of aliphatic hydroxyl groups excluding tert-OH is 2. The van der Waals surface area contributed by atoms with Crippen molar-refractivity contribution in [1.82, 2.24) is 4.90 Å². The van der Waals surface area contributed by atoms with Crippen molar-refractivity contribution in [1.29, 1.82) is 0 Å². The zero-order valence-corrected chi connectivity index (χ0v) is 22.8. The number of rotatable bonds is 4. The molecule has 0 fully saturated rings. The number of primary amides is 1. The third-order valence-corrected chi connectivity index (χ3v) is 8.50. The number of halogens is 1. The first kappa shape index (κ1) is 26.9. The van der Waals surface area contributed by atoms with Crippen LogP contribution in [0.3, 0.4) is 0 Å². The van der Waals surface area contributed by atoms with E-state index in [1.54, 1.807) is 20.2 Å². The zero-order valence-electron chi connectivity index (χ0n) is 21.2. The Balaban J connectivity index is 1.65. The normalized spacial score (nSPS) is 26.6. The highest BCUT2D eigenvalue weighted by Gasteiger charge is 2.63. The fourth-order valence-corrected chi connectivity index (χ4v) is 6.46. The number of hydrogen-bond acceptors (Lipinski definition) is 8. The molecule has 0 radical (unpaired) electrons. The van der Waals surface area contributed by atoms with E-state index in [4.69, 9.17) is 5.73 Å². The molecule has 0 bridgehead atoms. The van der Waals surface area contributed by atoms with E-state index >= 15 is 0 Å². The molecule has 3 aliphatic rings. The number of nitrogens with two attached hydrogens (primary N) is 1. The van der Waals surface area contributed by atoms with E-state index in [0.717, 1.165) is 10.0 Å². The van der Waals surface area contributed by atoms with Crippen molar-refractivity contribution < 1.29 is 34.8 Å². The lowest BCUT2D eigenvalue weighted by atomic mass is 9.58. The number of allylic oxidation sites excluding steroid dienone is 1. The molecular weight excluding hydrogens is 568 g/mol. The summed E-state index contributed by atoms with van der Waals surface area (Å²) in [5.74, 6) is -6.68. The number of ketones is 2. The lowest BCUT2D eigenvalue weighted by Crippen LogP contribution is -2.63. The number of phenols is 1. The van der Waals surface area contributed by atoms with Gasteiger partial charge in [-0.1, -0.05) is 46.3 Å². The van der Waals surface area contributed by atoms with Crippen LogP contribution >= 0.6 is 15.9 Å². The molecule has 0 spiro atoms. The van der Waals surface area contributed by atoms with Gasteiger partial charge in [0.25, 0.3) is 5.91 Å². The van der Waals surface area contributed by atoms with Gasteiger partial charge in [-0.15, -0.1) is 0 Å². The van der Waals surface area contributed by atoms with E-state index < -0.39 is 58.0 Å². The predicted molar refractivity (Wildman–Crippen MR) is 147 cm³/mol. The van der Waals surface area contributed by atoms with Gasteiger partial charge < -0.3 is 26.2 Å². The molecule has 2 aromatic carbocycles. The lowest BCUT2D eigenvalue weighted by Gasteiger charge is -2.50. The Labute approximate surface area is 232 Å². The highest BCUT2D eigenvalue weighted by atomic mass is 79.9. The number of carbonyl (C=O) groups excluding carboxylic acids is 3. The van der Waals surface area contributed by atoms with E-state index in [-0.39, 0.29) is 29.7 Å². The van der Waals surface area contributed by atoms with Crippen LogP contribution < -0.4 is 5.73 Å². The number of likely N-dealkylation sites (N-methyl/N-ethyl adjacent to an activating group) is 1. The standard InChI is InChI=1S/C29H27BrN2O7/c1-32(2)23-18-12-15-11-17-14(6-3-13-4-8-16(30)9-5-13)7-10-19(33)21(17)24(34)20(15)26(36)29(18,39)27(37)22(25(23)35)28(31)38/h3-10,15,18,23,33,35-36,39H,11-12H2,1-2H3,(H2,31,38)/b6-3+/t15-,18-,23-,29-/m1/s1. The molecule has 2 aromatic rings. The summed E-state index contributed by atoms with van der Waals surface area (Å²) >= 11 is 3.40. The minimum absolute atomic E-state index is 0.0197. The summed E-state index contributed by atoms with van der Waals surface area (Å²) in [4.78, 5) is 40.7. The molecule has 3 aliphatic carbocycles. The highest BCUT2D eigenvalue weighted by molar-refractivity contribution is 9.10. The van der Waals surface area contributed by atoms with Gasteiger partial charge in [-0.2, -0.15) is 0 Å². The van der Waals surface area contributed by atoms with E-state index in [0.29, 0.717) is 11.1 Å². The van der Waals surface area contributed by atoms with E-state index in [9.17, 15) is 34.8 Å². The lowest BCUT2D eigenvalue weighted by molar-refractivity contribution is -0.148. The van der Waals surface area contributed by atoms with Crippen LogP contribution in [0, 0.1) is 11.8 Å². The molecule has 0 aliphatic heterocycles. The average molecular weight is 595 g/mol. The molecule has 5 rings (SSSR count). The number of carbonyl (C=O) groups is 3. The van der Waals surface area contributed by atoms with Gasteiger partial charge in [0, 0.05) is 16.0 Å². The maximum atomic E-state index is 13.8. The molecule has 39 heavy (non-hydrogen) atoms. The summed E-state index contributed by atoms with van der Waals surface area (Å²) in [5.41, 5.74) is 3.87. The Bertz CT molecular complexity index is 1520. The first-order chi connectivity index (χ1) is 18.4. The van der Waals surface area contributed by atoms with Gasteiger partial charge in [0.1, 0.15) is 22.8 Å². The maximum Gasteiger partial charge on any atom is 0.255 e. The minimum atomic E-state index is -2.65. The van der Waals surface area contributed by atoms with E-state index in [1.165, 1.54) is 11.0 Å². The van der Waals surface area contributed by atoms with Crippen molar-refractivity contribution in [3.63, 3.8) is 0 Å². The largest absolute Gasteiger partial charge is 0.510 e. The Morgan fingerprint density at radius 1 is 1.08 bits per heavy atom. The summed E-state index contributed by atoms with van der Waals surface area (Å²) in [7, 11) is 3.19. The highest BCUT2D eigenvalue weighted by Crippen LogP contribution is 2.52. The van der Waals surface area contributed by atoms with Crippen LogP contribution in [0.2, 0.25) is 0 Å². The molecule has 6 N–H and O–H groups in total. The first-order valence-corrected chi connectivity index (χ1v) is 13.1. The Kier molecular flexibility index (Phi) is 6.53. The number of phenolic OH excluding ortho intramolecular Hbond substituents is 1. The second kappa shape index (κ2) is 9.48. The van der Waals surface area contributed by atoms with Crippen molar-refractivity contribution >= 4 is 45.6 Å².